The van der Waals surface area contributed by atoms with Gasteiger partial charge < -0.3 is 14.8 Å². The fraction of sp³-hybridized carbons (Fsp3) is 0.545. The molecule has 0 saturated heterocycles. The van der Waals surface area contributed by atoms with Crippen LogP contribution < -0.4 is 15.2 Å². The summed E-state index contributed by atoms with van der Waals surface area (Å²) in [6.07, 6.45) is 4.89. The van der Waals surface area contributed by atoms with E-state index in [4.69, 9.17) is 19.4 Å². The number of aromatic nitrogens is 2. The number of aryl methyl sites for hydroxylation is 2. The van der Waals surface area contributed by atoms with Crippen molar-refractivity contribution in [2.24, 2.45) is 11.1 Å². The number of anilines is 1. The number of hydrogen-bond acceptors (Lipinski definition) is 6. The maximum atomic E-state index is 13.5. The number of nitrogens with zero attached hydrogens (tertiary/aromatic N) is 2. The maximum Gasteiger partial charge on any atom is 0.277 e. The van der Waals surface area contributed by atoms with Crippen molar-refractivity contribution in [1.29, 1.82) is 4.78 Å². The lowest BCUT2D eigenvalue weighted by Gasteiger charge is -2.21. The summed E-state index contributed by atoms with van der Waals surface area (Å²) in [7, 11) is -2.02. The third-order valence-corrected chi connectivity index (χ3v) is 7.65. The fourth-order valence-corrected chi connectivity index (χ4v) is 6.18. The summed E-state index contributed by atoms with van der Waals surface area (Å²) in [4.78, 5) is 13.4. The molecule has 0 saturated carbocycles. The van der Waals surface area contributed by atoms with Crippen LogP contribution in [0.4, 0.5) is 5.69 Å². The van der Waals surface area contributed by atoms with Crippen LogP contribution in [0.3, 0.4) is 0 Å². The Labute approximate surface area is 187 Å². The zero-order chi connectivity index (χ0) is 22.6. The van der Waals surface area contributed by atoms with Gasteiger partial charge >= 0.3 is 0 Å². The summed E-state index contributed by atoms with van der Waals surface area (Å²) >= 11 is 0. The third-order valence-electron chi connectivity index (χ3n) is 6.67. The molecule has 0 spiro atoms. The molecular weight excluding hydrogens is 430 g/mol. The highest BCUT2D eigenvalue weighted by Gasteiger charge is 2.35. The van der Waals surface area contributed by atoms with Gasteiger partial charge in [0.2, 0.25) is 5.88 Å². The van der Waals surface area contributed by atoms with E-state index in [1.165, 1.54) is 15.8 Å². The number of fused-ring (bicyclic) bond motifs is 3. The van der Waals surface area contributed by atoms with Crippen molar-refractivity contribution in [3.05, 3.63) is 34.0 Å². The molecule has 2 unspecified atom stereocenters. The minimum atomic E-state index is -3.72. The second-order valence-corrected chi connectivity index (χ2v) is 10.8. The zero-order valence-corrected chi connectivity index (χ0v) is 19.2. The van der Waals surface area contributed by atoms with Crippen LogP contribution in [0.5, 0.6) is 5.88 Å². The second-order valence-electron chi connectivity index (χ2n) is 9.14. The van der Waals surface area contributed by atoms with Crippen molar-refractivity contribution in [3.8, 4) is 5.88 Å². The highest BCUT2D eigenvalue weighted by molar-refractivity contribution is 7.90. The molecule has 172 valence electrons. The number of methoxy groups -OCH3 is 1. The first-order valence-corrected chi connectivity index (χ1v) is 12.7. The molecule has 1 aromatic heterocycles. The number of amides is 1. The van der Waals surface area contributed by atoms with Gasteiger partial charge in [0, 0.05) is 24.6 Å². The van der Waals surface area contributed by atoms with Gasteiger partial charge in [-0.15, -0.1) is 0 Å². The normalized spacial score (nSPS) is 23.1. The number of benzene rings is 1. The summed E-state index contributed by atoms with van der Waals surface area (Å²) in [6, 6.07) is 2.29. The summed E-state index contributed by atoms with van der Waals surface area (Å²) in [5, 5.41) is 13.2. The van der Waals surface area contributed by atoms with Crippen LogP contribution in [0.25, 0.3) is 0 Å². The van der Waals surface area contributed by atoms with Gasteiger partial charge in [0.15, 0.2) is 10.6 Å². The Morgan fingerprint density at radius 2 is 2.22 bits per heavy atom. The molecule has 32 heavy (non-hydrogen) atoms. The van der Waals surface area contributed by atoms with Crippen molar-refractivity contribution >= 4 is 21.5 Å². The first-order valence-electron chi connectivity index (χ1n) is 11.1. The molecule has 3 aliphatic rings. The molecule has 1 aliphatic heterocycles. The predicted octanol–water partition coefficient (Wildman–Crippen LogP) is 2.61. The van der Waals surface area contributed by atoms with E-state index in [9.17, 15) is 9.00 Å². The number of carbonyl (C=O) groups excluding carboxylic acids is 1. The van der Waals surface area contributed by atoms with Crippen molar-refractivity contribution in [3.63, 3.8) is 0 Å². The minimum Gasteiger partial charge on any atom is -0.477 e. The van der Waals surface area contributed by atoms with Crippen LogP contribution in [0.1, 0.15) is 58.4 Å². The lowest BCUT2D eigenvalue weighted by atomic mass is 9.94. The first-order chi connectivity index (χ1) is 15.3. The number of nitrogens with one attached hydrogen (secondary N) is 2. The van der Waals surface area contributed by atoms with E-state index in [1.54, 1.807) is 7.11 Å². The van der Waals surface area contributed by atoms with Crippen molar-refractivity contribution in [1.82, 2.24) is 9.78 Å². The second kappa shape index (κ2) is 7.86. The Morgan fingerprint density at radius 3 is 2.97 bits per heavy atom. The third kappa shape index (κ3) is 3.50. The SMILES string of the molecule is COC[C@@H]1CCc2cc3c(c(NC(=O)c4nn5c(c4S(=N)(N)=O)OCC(C)C5)c21)CCC3. The van der Waals surface area contributed by atoms with Gasteiger partial charge in [-0.1, -0.05) is 13.0 Å². The quantitative estimate of drug-likeness (QED) is 0.632. The van der Waals surface area contributed by atoms with Crippen LogP contribution in [-0.2, 0) is 40.5 Å². The minimum absolute atomic E-state index is 0.0951. The average molecular weight is 460 g/mol. The molecular formula is C22H29N5O4S. The first kappa shape index (κ1) is 21.4. The van der Waals surface area contributed by atoms with Gasteiger partial charge in [0.25, 0.3) is 5.91 Å². The molecule has 0 radical (unpaired) electrons. The fourth-order valence-electron chi connectivity index (χ4n) is 5.34. The molecule has 2 heterocycles. The smallest absolute Gasteiger partial charge is 0.277 e. The van der Waals surface area contributed by atoms with Crippen molar-refractivity contribution < 1.29 is 18.5 Å². The molecule has 1 amide bonds. The summed E-state index contributed by atoms with van der Waals surface area (Å²) in [6.45, 7) is 3.50. The van der Waals surface area contributed by atoms with Gasteiger partial charge in [-0.05, 0) is 54.4 Å². The highest BCUT2D eigenvalue weighted by Crippen LogP contribution is 2.44. The largest absolute Gasteiger partial charge is 0.477 e. The van der Waals surface area contributed by atoms with Gasteiger partial charge in [0.05, 0.1) is 19.8 Å². The molecule has 4 N–H and O–H groups in total. The standard InChI is InChI=1S/C22H29N5O4S/c1-12-9-27-22(31-10-12)20(32(23,24)29)19(26-27)21(28)25-18-16-5-3-4-13(16)8-14-6-7-15(11-30-2)17(14)18/h8,12,15H,3-7,9-11H2,1-2H3,(H,25,28)(H3,23,24,29)/t12?,15-/m0/s1. The number of carbonyl (C=O) groups is 1. The Hall–Kier alpha value is -2.43. The molecule has 0 bridgehead atoms. The van der Waals surface area contributed by atoms with Crippen molar-refractivity contribution in [2.75, 3.05) is 25.6 Å². The molecule has 9 nitrogen and oxygen atoms in total. The Balaban J connectivity index is 1.59. The topological polar surface area (TPSA) is 132 Å². The Kier molecular flexibility index (Phi) is 5.26. The van der Waals surface area contributed by atoms with Crippen LogP contribution in [0.2, 0.25) is 0 Å². The molecule has 10 heteroatoms. The van der Waals surface area contributed by atoms with E-state index < -0.39 is 15.8 Å². The van der Waals surface area contributed by atoms with Gasteiger partial charge in [-0.25, -0.2) is 18.8 Å². The number of rotatable bonds is 5. The Bertz CT molecular complexity index is 1200. The lowest BCUT2D eigenvalue weighted by Crippen LogP contribution is -2.24. The van der Waals surface area contributed by atoms with E-state index in [0.717, 1.165) is 48.9 Å². The van der Waals surface area contributed by atoms with Crippen LogP contribution in [0, 0.1) is 10.7 Å². The van der Waals surface area contributed by atoms with E-state index in [0.29, 0.717) is 19.8 Å². The summed E-state index contributed by atoms with van der Waals surface area (Å²) < 4.78 is 33.3. The molecule has 0 fully saturated rings. The molecule has 2 aliphatic carbocycles. The number of nitrogens with two attached hydrogens (primary N) is 1. The van der Waals surface area contributed by atoms with E-state index >= 15 is 0 Å². The Morgan fingerprint density at radius 1 is 1.41 bits per heavy atom. The van der Waals surface area contributed by atoms with Crippen LogP contribution >= 0.6 is 0 Å². The molecule has 3 atom stereocenters. The van der Waals surface area contributed by atoms with Gasteiger partial charge in [-0.2, -0.15) is 5.10 Å². The van der Waals surface area contributed by atoms with Crippen LogP contribution in [-0.4, -0.2) is 40.2 Å². The monoisotopic (exact) mass is 459 g/mol. The van der Waals surface area contributed by atoms with Crippen molar-refractivity contribution in [2.45, 2.75) is 56.4 Å². The maximum absolute atomic E-state index is 13.5. The summed E-state index contributed by atoms with van der Waals surface area (Å²) in [5.74, 6) is 0.0526. The average Bonchev–Trinajstić information content (AvgIpc) is 3.44. The molecule has 5 rings (SSSR count). The van der Waals surface area contributed by atoms with Gasteiger partial charge in [-0.3, -0.25) is 4.79 Å². The van der Waals surface area contributed by atoms with E-state index in [2.05, 4.69) is 16.5 Å². The van der Waals surface area contributed by atoms with Gasteiger partial charge in [0.1, 0.15) is 9.92 Å². The number of ether oxygens (including phenoxy) is 2. The summed E-state index contributed by atoms with van der Waals surface area (Å²) in [5.41, 5.74) is 5.57. The lowest BCUT2D eigenvalue weighted by molar-refractivity contribution is 0.101. The molecule has 1 aromatic carbocycles. The van der Waals surface area contributed by atoms with E-state index in [1.807, 2.05) is 6.92 Å². The van der Waals surface area contributed by atoms with Crippen LogP contribution in [0.15, 0.2) is 11.0 Å². The number of hydrogen-bond donors (Lipinski definition) is 3. The van der Waals surface area contributed by atoms with E-state index in [-0.39, 0.29) is 28.3 Å². The molecule has 2 aromatic rings. The zero-order valence-electron chi connectivity index (χ0n) is 18.4. The highest BCUT2D eigenvalue weighted by atomic mass is 32.2. The predicted molar refractivity (Wildman–Crippen MR) is 120 cm³/mol.